The largest absolute Gasteiger partial charge is 0.481 e. The molecule has 102 heavy (non-hydrogen) atoms. The fourth-order valence-corrected chi connectivity index (χ4v) is 13.3. The van der Waals surface area contributed by atoms with E-state index < -0.39 is 226 Å². The lowest BCUT2D eigenvalue weighted by atomic mass is 10.0. The van der Waals surface area contributed by atoms with Crippen LogP contribution in [0.15, 0.2) is 0 Å². The number of amides is 11. The number of carboxylic acid groups (broad SMARTS) is 6. The van der Waals surface area contributed by atoms with Crippen LogP contribution in [0, 0.1) is 5.92 Å². The Bertz CT molecular complexity index is 2790. The second kappa shape index (κ2) is 52.5. The van der Waals surface area contributed by atoms with Crippen molar-refractivity contribution in [2.45, 2.75) is 253 Å². The van der Waals surface area contributed by atoms with Crippen LogP contribution in [0.2, 0.25) is 0 Å². The molecule has 0 bridgehead atoms. The third-order valence-electron chi connectivity index (χ3n) is 16.2. The standard InChI is InChI=1S/C63H106N14O23S2/c1-36(18-24-48(79)80)55(92)70-42(19-25-49(81)82)60(97)76-44(21-27-51(85)86)61(98)73-40(15-6-10-33-66)57(94)71-39(14-5-9-32-65)56(93)72-41(16-7-11-34-68-47(78)17-3-2-12-37-30-35-101-102-37)58(95)74-45(22-28-52(87)88)62(99)77-46(23-29-53(89)90)63(100)75-43(20-26-50(83)84)59(96)69-38(54(67)91)13-4-8-31-64/h36-46H,2-35,64-66H2,1H3,(H2,67,91)(H,68,78)(H,69,96)(H,70,92)(H,71,94)(H,72,93)(H,73,98)(H,74,95)(H,75,100)(H,76,97)(H,77,99)(H,79,80)(H,81,82)(H,83,84)(H,85,86)(H,87,88)(H,89,90). The number of hydrogen-bond donors (Lipinski definition) is 20. The van der Waals surface area contributed by atoms with E-state index in [1.807, 2.05) is 21.6 Å². The zero-order valence-electron chi connectivity index (χ0n) is 57.6. The maximum atomic E-state index is 14.7. The van der Waals surface area contributed by atoms with Gasteiger partial charge in [-0.15, -0.1) is 0 Å². The van der Waals surface area contributed by atoms with Gasteiger partial charge in [-0.3, -0.25) is 81.5 Å². The van der Waals surface area contributed by atoms with Gasteiger partial charge in [-0.25, -0.2) is 0 Å². The molecule has 578 valence electrons. The van der Waals surface area contributed by atoms with Crippen LogP contribution in [-0.2, 0) is 81.5 Å². The molecule has 0 aliphatic carbocycles. The van der Waals surface area contributed by atoms with Crippen LogP contribution in [-0.4, -0.2) is 223 Å². The summed E-state index contributed by atoms with van der Waals surface area (Å²) in [6.45, 7) is 1.89. The second-order valence-corrected chi connectivity index (χ2v) is 27.5. The zero-order valence-corrected chi connectivity index (χ0v) is 59.3. The van der Waals surface area contributed by atoms with E-state index in [0.717, 1.165) is 25.0 Å². The molecular weight excluding hydrogens is 1380 g/mol. The average molecular weight is 1490 g/mol. The topological polar surface area (TPSA) is 636 Å². The molecule has 1 fully saturated rings. The summed E-state index contributed by atoms with van der Waals surface area (Å²) in [7, 11) is 3.64. The number of carbonyl (C=O) groups is 17. The lowest BCUT2D eigenvalue weighted by Crippen LogP contribution is -2.60. The zero-order chi connectivity index (χ0) is 76.7. The molecule has 11 amide bonds. The van der Waals surface area contributed by atoms with E-state index in [4.69, 9.17) is 28.0 Å². The Morgan fingerprint density at radius 1 is 0.343 bits per heavy atom. The molecule has 39 heteroatoms. The Morgan fingerprint density at radius 3 is 0.902 bits per heavy atom. The molecule has 1 aliphatic heterocycles. The predicted octanol–water partition coefficient (Wildman–Crippen LogP) is -1.95. The van der Waals surface area contributed by atoms with Crippen LogP contribution in [0.5, 0.6) is 0 Å². The van der Waals surface area contributed by atoms with Gasteiger partial charge in [-0.1, -0.05) is 34.9 Å². The van der Waals surface area contributed by atoms with Crippen molar-refractivity contribution in [1.82, 2.24) is 53.2 Å². The van der Waals surface area contributed by atoms with Crippen molar-refractivity contribution in [3.05, 3.63) is 0 Å². The van der Waals surface area contributed by atoms with Gasteiger partial charge < -0.3 is 107 Å². The number of primary amides is 1. The molecule has 0 aromatic heterocycles. The molecule has 37 nitrogen and oxygen atoms in total. The first-order chi connectivity index (χ1) is 48.3. The maximum absolute atomic E-state index is 14.7. The Labute approximate surface area is 598 Å². The van der Waals surface area contributed by atoms with E-state index in [1.54, 1.807) is 0 Å². The average Bonchev–Trinajstić information content (AvgIpc) is 0.922. The second-order valence-electron chi connectivity index (χ2n) is 24.7. The summed E-state index contributed by atoms with van der Waals surface area (Å²) in [4.78, 5) is 223. The summed E-state index contributed by atoms with van der Waals surface area (Å²) in [6.07, 6.45) is -2.54. The van der Waals surface area contributed by atoms with Crippen molar-refractivity contribution in [2.75, 3.05) is 31.9 Å². The molecule has 24 N–H and O–H groups in total. The molecule has 11 atom stereocenters. The van der Waals surface area contributed by atoms with Crippen LogP contribution >= 0.6 is 21.6 Å². The molecule has 1 heterocycles. The quantitative estimate of drug-likeness (QED) is 0.0232. The van der Waals surface area contributed by atoms with Crippen LogP contribution in [0.4, 0.5) is 0 Å². The van der Waals surface area contributed by atoms with Crippen molar-refractivity contribution in [3.8, 4) is 0 Å². The third-order valence-corrected chi connectivity index (χ3v) is 19.2. The van der Waals surface area contributed by atoms with Gasteiger partial charge in [0.2, 0.25) is 65.0 Å². The van der Waals surface area contributed by atoms with Crippen LogP contribution in [0.3, 0.4) is 0 Å². The molecule has 0 saturated carbocycles. The van der Waals surface area contributed by atoms with Gasteiger partial charge in [-0.05, 0) is 154 Å². The number of carboxylic acids is 6. The first-order valence-electron chi connectivity index (χ1n) is 34.3. The normalized spacial score (nSPS) is 15.4. The fraction of sp³-hybridized carbons (Fsp3) is 0.730. The Morgan fingerprint density at radius 2 is 0.618 bits per heavy atom. The summed E-state index contributed by atoms with van der Waals surface area (Å²) in [5.41, 5.74) is 22.6. The highest BCUT2D eigenvalue weighted by atomic mass is 33.1. The van der Waals surface area contributed by atoms with Crippen molar-refractivity contribution in [1.29, 1.82) is 0 Å². The van der Waals surface area contributed by atoms with Crippen LogP contribution < -0.4 is 76.1 Å². The van der Waals surface area contributed by atoms with E-state index in [9.17, 15) is 107 Å². The predicted molar refractivity (Wildman–Crippen MR) is 369 cm³/mol. The molecule has 1 aliphatic rings. The van der Waals surface area contributed by atoms with Gasteiger partial charge >= 0.3 is 35.8 Å². The summed E-state index contributed by atoms with van der Waals surface area (Å²) in [5.74, 6) is -19.5. The molecule has 11 unspecified atom stereocenters. The molecule has 1 saturated heterocycles. The number of nitrogens with two attached hydrogens (primary N) is 4. The lowest BCUT2D eigenvalue weighted by Gasteiger charge is -2.28. The third kappa shape index (κ3) is 41.5. The number of nitrogens with one attached hydrogen (secondary N) is 10. The minimum atomic E-state index is -1.90. The SMILES string of the molecule is CC(CCC(=O)O)C(=O)NC(CCC(=O)O)C(=O)NC(CCC(=O)O)C(=O)NC(CCCCN)C(=O)NC(CCCCN)C(=O)NC(CCCCNC(=O)CCCCC1CCSS1)C(=O)NC(CCC(=O)O)C(=O)NC(CCC(=O)O)C(=O)NC(CCC(=O)O)C(=O)NC(CCCCN)C(N)=O. The van der Waals surface area contributed by atoms with E-state index >= 15 is 0 Å². The van der Waals surface area contributed by atoms with E-state index in [0.29, 0.717) is 24.5 Å². The minimum absolute atomic E-state index is 0.00674. The maximum Gasteiger partial charge on any atom is 0.303 e. The van der Waals surface area contributed by atoms with Crippen LogP contribution in [0.1, 0.15) is 193 Å². The van der Waals surface area contributed by atoms with Gasteiger partial charge in [0.1, 0.15) is 54.4 Å². The van der Waals surface area contributed by atoms with E-state index in [-0.39, 0.29) is 109 Å². The first-order valence-corrected chi connectivity index (χ1v) is 36.7. The van der Waals surface area contributed by atoms with Gasteiger partial charge in [-0.2, -0.15) is 0 Å². The first kappa shape index (κ1) is 91.6. The smallest absolute Gasteiger partial charge is 0.303 e. The summed E-state index contributed by atoms with van der Waals surface area (Å²) < 4.78 is 0. The van der Waals surface area contributed by atoms with Crippen molar-refractivity contribution in [3.63, 3.8) is 0 Å². The molecule has 1 rings (SSSR count). The van der Waals surface area contributed by atoms with Gasteiger partial charge in [0.05, 0.1) is 0 Å². The van der Waals surface area contributed by atoms with E-state index in [2.05, 4.69) is 53.2 Å². The highest BCUT2D eigenvalue weighted by molar-refractivity contribution is 8.77. The highest BCUT2D eigenvalue weighted by Crippen LogP contribution is 2.40. The van der Waals surface area contributed by atoms with Gasteiger partial charge in [0, 0.05) is 68.4 Å². The lowest BCUT2D eigenvalue weighted by molar-refractivity contribution is -0.140. The number of carbonyl (C=O) groups excluding carboxylic acids is 11. The molecule has 0 radical (unpaired) electrons. The summed E-state index contributed by atoms with van der Waals surface area (Å²) in [6, 6.07) is -15.1. The Kier molecular flexibility index (Phi) is 47.2. The molecular formula is C63H106N14O23S2. The molecule has 0 aromatic rings. The number of aliphatic carboxylic acids is 6. The molecule has 0 spiro atoms. The fourth-order valence-electron chi connectivity index (χ4n) is 10.2. The number of rotatable bonds is 59. The Balaban J connectivity index is 3.86. The molecule has 0 aromatic carbocycles. The van der Waals surface area contributed by atoms with Crippen LogP contribution in [0.25, 0.3) is 0 Å². The number of hydrogen-bond acceptors (Lipinski definition) is 22. The number of unbranched alkanes of at least 4 members (excludes halogenated alkanes) is 5. The van der Waals surface area contributed by atoms with Crippen molar-refractivity contribution in [2.24, 2.45) is 28.9 Å². The summed E-state index contributed by atoms with van der Waals surface area (Å²) in [5, 5.41) is 82.1. The summed E-state index contributed by atoms with van der Waals surface area (Å²) >= 11 is 0. The highest BCUT2D eigenvalue weighted by Gasteiger charge is 2.37. The van der Waals surface area contributed by atoms with Crippen molar-refractivity contribution < 1.29 is 112 Å². The minimum Gasteiger partial charge on any atom is -0.481 e. The Hall–Kier alpha value is -8.43. The van der Waals surface area contributed by atoms with Gasteiger partial charge in [0.25, 0.3) is 0 Å². The van der Waals surface area contributed by atoms with Crippen molar-refractivity contribution >= 4 is 122 Å². The van der Waals surface area contributed by atoms with E-state index in [1.165, 1.54) is 6.92 Å². The van der Waals surface area contributed by atoms with Gasteiger partial charge in [0.15, 0.2) is 0 Å². The monoisotopic (exact) mass is 1490 g/mol.